The van der Waals surface area contributed by atoms with Crippen molar-refractivity contribution in [1.29, 1.82) is 0 Å². The largest absolute Gasteiger partial charge is 0.466 e. The smallest absolute Gasteiger partial charge is 0.313 e. The maximum Gasteiger partial charge on any atom is 0.313 e. The van der Waals surface area contributed by atoms with Crippen molar-refractivity contribution in [2.24, 2.45) is 0 Å². The van der Waals surface area contributed by atoms with Crippen LogP contribution in [-0.2, 0) is 23.9 Å². The third-order valence-electron chi connectivity index (χ3n) is 4.13. The highest BCUT2D eigenvalue weighted by Crippen LogP contribution is 2.11. The second-order valence-corrected chi connectivity index (χ2v) is 8.20. The summed E-state index contributed by atoms with van der Waals surface area (Å²) < 4.78 is 10.2. The molecule has 0 radical (unpaired) electrons. The molecule has 0 N–H and O–H groups in total. The zero-order valence-electron chi connectivity index (χ0n) is 17.9. The summed E-state index contributed by atoms with van der Waals surface area (Å²) in [6, 6.07) is 0. The van der Waals surface area contributed by atoms with Gasteiger partial charge in [-0.25, -0.2) is 0 Å². The highest BCUT2D eigenvalue weighted by Gasteiger charge is 2.19. The number of esters is 2. The van der Waals surface area contributed by atoms with Crippen molar-refractivity contribution >= 4 is 17.7 Å². The molecule has 0 rings (SSSR count). The molecule has 0 fully saturated rings. The number of hydrogen-bond acceptors (Lipinski definition) is 5. The lowest BCUT2D eigenvalue weighted by Crippen LogP contribution is -2.25. The van der Waals surface area contributed by atoms with E-state index < -0.39 is 11.6 Å². The van der Waals surface area contributed by atoms with Gasteiger partial charge in [-0.3, -0.25) is 14.4 Å². The normalized spacial score (nSPS) is 11.3. The summed E-state index contributed by atoms with van der Waals surface area (Å²) in [5, 5.41) is 0. The monoisotopic (exact) mass is 384 g/mol. The van der Waals surface area contributed by atoms with Crippen molar-refractivity contribution in [2.45, 2.75) is 117 Å². The summed E-state index contributed by atoms with van der Waals surface area (Å²) in [5.41, 5.74) is -0.606. The van der Waals surface area contributed by atoms with E-state index in [-0.39, 0.29) is 31.0 Å². The maximum absolute atomic E-state index is 11.7. The van der Waals surface area contributed by atoms with E-state index in [4.69, 9.17) is 9.47 Å². The van der Waals surface area contributed by atoms with E-state index in [1.54, 1.807) is 20.8 Å². The van der Waals surface area contributed by atoms with Gasteiger partial charge in [0.05, 0.1) is 13.0 Å². The maximum atomic E-state index is 11.7. The summed E-state index contributed by atoms with van der Waals surface area (Å²) in [4.78, 5) is 34.9. The number of carbonyl (C=O) groups is 3. The number of rotatable bonds is 16. The molecule has 0 heterocycles. The Balaban J connectivity index is 3.51. The fourth-order valence-electron chi connectivity index (χ4n) is 2.72. The van der Waals surface area contributed by atoms with Gasteiger partial charge in [0.15, 0.2) is 0 Å². The Labute approximate surface area is 165 Å². The summed E-state index contributed by atoms with van der Waals surface area (Å²) in [6.07, 6.45) is 12.1. The van der Waals surface area contributed by atoms with Gasteiger partial charge in [0.1, 0.15) is 17.8 Å². The molecular weight excluding hydrogens is 344 g/mol. The summed E-state index contributed by atoms with van der Waals surface area (Å²) in [6.45, 7) is 7.89. The molecule has 0 aliphatic rings. The molecule has 0 saturated heterocycles. The number of Topliss-reactive ketones (excluding diaryl/α,β-unsaturated/α-hetero) is 1. The number of ketones is 1. The molecule has 0 aliphatic carbocycles. The highest BCUT2D eigenvalue weighted by molar-refractivity contribution is 5.96. The molecule has 0 spiro atoms. The van der Waals surface area contributed by atoms with E-state index in [1.165, 1.54) is 51.4 Å². The molecule has 0 unspecified atom stereocenters. The van der Waals surface area contributed by atoms with Crippen molar-refractivity contribution in [3.63, 3.8) is 0 Å². The molecule has 0 atom stereocenters. The van der Waals surface area contributed by atoms with Gasteiger partial charge in [0.25, 0.3) is 0 Å². The van der Waals surface area contributed by atoms with Crippen LogP contribution in [0, 0.1) is 0 Å². The fourth-order valence-corrected chi connectivity index (χ4v) is 2.72. The second kappa shape index (κ2) is 15.6. The topological polar surface area (TPSA) is 69.7 Å². The number of unbranched alkanes of at least 4 members (excludes halogenated alkanes) is 9. The minimum absolute atomic E-state index is 0.0239. The first-order valence-electron chi connectivity index (χ1n) is 10.6. The van der Waals surface area contributed by atoms with Crippen molar-refractivity contribution in [3.8, 4) is 0 Å². The van der Waals surface area contributed by atoms with Gasteiger partial charge in [-0.1, -0.05) is 64.7 Å². The first kappa shape index (κ1) is 25.6. The Morgan fingerprint density at radius 2 is 1.22 bits per heavy atom. The van der Waals surface area contributed by atoms with E-state index >= 15 is 0 Å². The number of carbonyl (C=O) groups excluding carboxylic acids is 3. The van der Waals surface area contributed by atoms with Crippen molar-refractivity contribution in [3.05, 3.63) is 0 Å². The van der Waals surface area contributed by atoms with Crippen LogP contribution in [0.4, 0.5) is 0 Å². The minimum Gasteiger partial charge on any atom is -0.466 e. The summed E-state index contributed by atoms with van der Waals surface area (Å²) in [7, 11) is 0. The average Bonchev–Trinajstić information content (AvgIpc) is 2.56. The van der Waals surface area contributed by atoms with E-state index in [0.717, 1.165) is 12.8 Å². The molecule has 0 aromatic rings. The molecule has 0 aliphatic heterocycles. The van der Waals surface area contributed by atoms with Crippen LogP contribution in [0.25, 0.3) is 0 Å². The third-order valence-corrected chi connectivity index (χ3v) is 4.13. The van der Waals surface area contributed by atoms with Gasteiger partial charge in [-0.15, -0.1) is 0 Å². The first-order chi connectivity index (χ1) is 12.7. The van der Waals surface area contributed by atoms with Crippen LogP contribution in [0.5, 0.6) is 0 Å². The average molecular weight is 385 g/mol. The van der Waals surface area contributed by atoms with E-state index in [0.29, 0.717) is 6.61 Å². The molecule has 27 heavy (non-hydrogen) atoms. The van der Waals surface area contributed by atoms with Crippen LogP contribution in [0.2, 0.25) is 0 Å². The van der Waals surface area contributed by atoms with Gasteiger partial charge in [-0.05, 0) is 27.2 Å². The second-order valence-electron chi connectivity index (χ2n) is 8.20. The molecule has 0 amide bonds. The fraction of sp³-hybridized carbons (Fsp3) is 0.864. The summed E-state index contributed by atoms with van der Waals surface area (Å²) in [5.74, 6) is -1.21. The van der Waals surface area contributed by atoms with Crippen molar-refractivity contribution in [2.75, 3.05) is 6.61 Å². The van der Waals surface area contributed by atoms with Crippen LogP contribution in [0.3, 0.4) is 0 Å². The zero-order chi connectivity index (χ0) is 20.5. The molecule has 0 bridgehead atoms. The van der Waals surface area contributed by atoms with Crippen LogP contribution >= 0.6 is 0 Å². The molecular formula is C22H40O5. The van der Waals surface area contributed by atoms with Gasteiger partial charge in [-0.2, -0.15) is 0 Å². The van der Waals surface area contributed by atoms with E-state index in [9.17, 15) is 14.4 Å². The highest BCUT2D eigenvalue weighted by atomic mass is 16.6. The molecule has 0 aromatic heterocycles. The predicted octanol–water partition coefficient (Wildman–Crippen LogP) is 5.53. The SMILES string of the molecule is CCCCCCCCCCCCOC(=O)CCC(=O)CC(=O)OC(C)(C)C. The Morgan fingerprint density at radius 3 is 1.74 bits per heavy atom. The molecule has 158 valence electrons. The number of ether oxygens (including phenoxy) is 2. The Hall–Kier alpha value is -1.39. The Bertz CT molecular complexity index is 423. The lowest BCUT2D eigenvalue weighted by atomic mass is 10.1. The predicted molar refractivity (Wildman–Crippen MR) is 108 cm³/mol. The van der Waals surface area contributed by atoms with Crippen molar-refractivity contribution in [1.82, 2.24) is 0 Å². The quantitative estimate of drug-likeness (QED) is 0.199. The van der Waals surface area contributed by atoms with Crippen LogP contribution < -0.4 is 0 Å². The van der Waals surface area contributed by atoms with E-state index in [2.05, 4.69) is 6.92 Å². The minimum atomic E-state index is -0.606. The van der Waals surface area contributed by atoms with Gasteiger partial charge in [0, 0.05) is 6.42 Å². The van der Waals surface area contributed by atoms with Gasteiger partial charge >= 0.3 is 11.9 Å². The first-order valence-corrected chi connectivity index (χ1v) is 10.6. The van der Waals surface area contributed by atoms with Crippen molar-refractivity contribution < 1.29 is 23.9 Å². The van der Waals surface area contributed by atoms with Gasteiger partial charge in [0.2, 0.25) is 0 Å². The molecule has 0 aromatic carbocycles. The number of hydrogen-bond donors (Lipinski definition) is 0. The lowest BCUT2D eigenvalue weighted by molar-refractivity contribution is -0.156. The van der Waals surface area contributed by atoms with Crippen LogP contribution in [0.1, 0.15) is 111 Å². The Kier molecular flexibility index (Phi) is 14.8. The van der Waals surface area contributed by atoms with E-state index in [1.807, 2.05) is 0 Å². The lowest BCUT2D eigenvalue weighted by Gasteiger charge is -2.19. The summed E-state index contributed by atoms with van der Waals surface area (Å²) >= 11 is 0. The third kappa shape index (κ3) is 19.2. The van der Waals surface area contributed by atoms with Crippen LogP contribution in [0.15, 0.2) is 0 Å². The zero-order valence-corrected chi connectivity index (χ0v) is 17.9. The molecule has 5 heteroatoms. The van der Waals surface area contributed by atoms with Gasteiger partial charge < -0.3 is 9.47 Å². The standard InChI is InChI=1S/C22H40O5/c1-5-6-7-8-9-10-11-12-13-14-17-26-20(24)16-15-19(23)18-21(25)27-22(2,3)4/h5-18H2,1-4H3. The Morgan fingerprint density at radius 1 is 0.704 bits per heavy atom. The van der Waals surface area contributed by atoms with Crippen LogP contribution in [-0.4, -0.2) is 29.9 Å². The molecule has 5 nitrogen and oxygen atoms in total. The molecule has 0 saturated carbocycles.